The molecule has 142 valence electrons. The molecule has 4 rings (SSSR count). The normalized spacial score (nSPS) is 11.1. The maximum atomic E-state index is 5.83. The second kappa shape index (κ2) is 7.78. The molecule has 6 nitrogen and oxygen atoms in total. The van der Waals surface area contributed by atoms with Crippen molar-refractivity contribution in [3.05, 3.63) is 66.0 Å². The van der Waals surface area contributed by atoms with Gasteiger partial charge >= 0.3 is 0 Å². The van der Waals surface area contributed by atoms with Gasteiger partial charge in [-0.25, -0.2) is 15.0 Å². The summed E-state index contributed by atoms with van der Waals surface area (Å²) in [6, 6.07) is 14.4. The van der Waals surface area contributed by atoms with Crippen LogP contribution >= 0.6 is 0 Å². The van der Waals surface area contributed by atoms with E-state index in [1.54, 1.807) is 6.20 Å². The molecule has 0 aliphatic rings. The van der Waals surface area contributed by atoms with Gasteiger partial charge in [-0.2, -0.15) is 0 Å². The molecule has 3 aromatic heterocycles. The molecule has 0 unspecified atom stereocenters. The van der Waals surface area contributed by atoms with Gasteiger partial charge in [0, 0.05) is 31.0 Å². The highest BCUT2D eigenvalue weighted by molar-refractivity contribution is 5.80. The summed E-state index contributed by atoms with van der Waals surface area (Å²) in [5.41, 5.74) is 12.7. The first kappa shape index (κ1) is 18.1. The summed E-state index contributed by atoms with van der Waals surface area (Å²) < 4.78 is 2.07. The van der Waals surface area contributed by atoms with Crippen LogP contribution in [-0.4, -0.2) is 25.9 Å². The zero-order valence-electron chi connectivity index (χ0n) is 16.2. The van der Waals surface area contributed by atoms with Crippen molar-refractivity contribution < 1.29 is 0 Å². The van der Waals surface area contributed by atoms with Gasteiger partial charge in [0.25, 0.3) is 0 Å². The van der Waals surface area contributed by atoms with Gasteiger partial charge < -0.3 is 11.1 Å². The fourth-order valence-electron chi connectivity index (χ4n) is 3.18. The van der Waals surface area contributed by atoms with Crippen LogP contribution in [0.25, 0.3) is 28.3 Å². The average molecular weight is 372 g/mol. The quantitative estimate of drug-likeness (QED) is 0.534. The van der Waals surface area contributed by atoms with Crippen molar-refractivity contribution in [2.24, 2.45) is 5.73 Å². The van der Waals surface area contributed by atoms with Crippen LogP contribution in [0.3, 0.4) is 0 Å². The van der Waals surface area contributed by atoms with Gasteiger partial charge in [-0.15, -0.1) is 0 Å². The van der Waals surface area contributed by atoms with E-state index in [1.807, 2.05) is 24.4 Å². The van der Waals surface area contributed by atoms with Crippen LogP contribution in [0.4, 0.5) is 5.95 Å². The zero-order valence-corrected chi connectivity index (χ0v) is 16.2. The highest BCUT2D eigenvalue weighted by Crippen LogP contribution is 2.32. The first-order valence-corrected chi connectivity index (χ1v) is 9.55. The van der Waals surface area contributed by atoms with E-state index in [4.69, 9.17) is 15.7 Å². The number of aryl methyl sites for hydroxylation is 1. The van der Waals surface area contributed by atoms with E-state index in [0.717, 1.165) is 46.8 Å². The molecule has 28 heavy (non-hydrogen) atoms. The first-order valence-electron chi connectivity index (χ1n) is 9.55. The van der Waals surface area contributed by atoms with Crippen molar-refractivity contribution in [1.82, 2.24) is 19.4 Å². The molecule has 0 atom stereocenters. The Labute approximate surface area is 164 Å². The lowest BCUT2D eigenvalue weighted by Gasteiger charge is -2.08. The van der Waals surface area contributed by atoms with E-state index in [1.165, 1.54) is 5.56 Å². The Morgan fingerprint density at radius 1 is 1.07 bits per heavy atom. The van der Waals surface area contributed by atoms with Crippen molar-refractivity contribution in [2.45, 2.75) is 26.8 Å². The van der Waals surface area contributed by atoms with Gasteiger partial charge in [0.05, 0.1) is 17.1 Å². The molecule has 1 aromatic carbocycles. The Hall–Kier alpha value is -3.25. The molecule has 0 aliphatic carbocycles. The molecule has 0 fully saturated rings. The van der Waals surface area contributed by atoms with Gasteiger partial charge in [0.15, 0.2) is 0 Å². The number of nitrogens with one attached hydrogen (secondary N) is 1. The van der Waals surface area contributed by atoms with Crippen LogP contribution in [0.2, 0.25) is 0 Å². The number of nitrogens with two attached hydrogens (primary N) is 1. The van der Waals surface area contributed by atoms with Gasteiger partial charge in [0.2, 0.25) is 5.95 Å². The average Bonchev–Trinajstić information content (AvgIpc) is 3.11. The number of benzene rings is 1. The van der Waals surface area contributed by atoms with E-state index < -0.39 is 0 Å². The summed E-state index contributed by atoms with van der Waals surface area (Å²) in [7, 11) is 0. The van der Waals surface area contributed by atoms with E-state index >= 15 is 0 Å². The molecule has 0 spiro atoms. The van der Waals surface area contributed by atoms with Gasteiger partial charge in [0.1, 0.15) is 5.65 Å². The number of rotatable bonds is 6. The molecule has 0 radical (unpaired) electrons. The SMILES string of the molecule is CCCNc1nccc(-c2c(-c3ccc(C)cc3)nc3cc(CN)ccn23)n1. The molecular weight excluding hydrogens is 348 g/mol. The molecule has 0 saturated carbocycles. The Kier molecular flexibility index (Phi) is 5.04. The number of imidazole rings is 1. The van der Waals surface area contributed by atoms with E-state index in [9.17, 15) is 0 Å². The Morgan fingerprint density at radius 3 is 2.64 bits per heavy atom. The van der Waals surface area contributed by atoms with E-state index in [0.29, 0.717) is 12.5 Å². The highest BCUT2D eigenvalue weighted by Gasteiger charge is 2.18. The molecule has 6 heteroatoms. The third-order valence-electron chi connectivity index (χ3n) is 4.68. The van der Waals surface area contributed by atoms with E-state index in [-0.39, 0.29) is 0 Å². The molecule has 0 saturated heterocycles. The largest absolute Gasteiger partial charge is 0.354 e. The molecule has 0 bridgehead atoms. The monoisotopic (exact) mass is 372 g/mol. The number of nitrogens with zero attached hydrogens (tertiary/aromatic N) is 4. The summed E-state index contributed by atoms with van der Waals surface area (Å²) in [5, 5.41) is 3.26. The zero-order chi connectivity index (χ0) is 19.5. The lowest BCUT2D eigenvalue weighted by Crippen LogP contribution is -2.05. The summed E-state index contributed by atoms with van der Waals surface area (Å²) in [6.07, 6.45) is 4.81. The second-order valence-corrected chi connectivity index (χ2v) is 6.83. The van der Waals surface area contributed by atoms with Crippen LogP contribution in [0.15, 0.2) is 54.9 Å². The van der Waals surface area contributed by atoms with E-state index in [2.05, 4.69) is 52.8 Å². The Morgan fingerprint density at radius 2 is 1.89 bits per heavy atom. The summed E-state index contributed by atoms with van der Waals surface area (Å²) >= 11 is 0. The lowest BCUT2D eigenvalue weighted by molar-refractivity contribution is 0.952. The molecular formula is C22H24N6. The minimum absolute atomic E-state index is 0.483. The van der Waals surface area contributed by atoms with Crippen molar-refractivity contribution in [2.75, 3.05) is 11.9 Å². The molecule has 0 aliphatic heterocycles. The standard InChI is InChI=1S/C22H24N6/c1-3-10-24-22-25-11-8-18(26-22)21-20(17-6-4-15(2)5-7-17)27-19-13-16(14-23)9-12-28(19)21/h4-9,11-13H,3,10,14,23H2,1-2H3,(H,24,25,26). The van der Waals surface area contributed by atoms with Crippen LogP contribution in [-0.2, 0) is 6.54 Å². The van der Waals surface area contributed by atoms with Crippen molar-refractivity contribution in [3.63, 3.8) is 0 Å². The fraction of sp³-hybridized carbons (Fsp3) is 0.227. The predicted molar refractivity (Wildman–Crippen MR) is 113 cm³/mol. The molecule has 3 heterocycles. The van der Waals surface area contributed by atoms with Crippen molar-refractivity contribution in [1.29, 1.82) is 0 Å². The van der Waals surface area contributed by atoms with Crippen LogP contribution in [0.5, 0.6) is 0 Å². The maximum absolute atomic E-state index is 5.83. The minimum atomic E-state index is 0.483. The van der Waals surface area contributed by atoms with Crippen LogP contribution < -0.4 is 11.1 Å². The maximum Gasteiger partial charge on any atom is 0.223 e. The summed E-state index contributed by atoms with van der Waals surface area (Å²) in [4.78, 5) is 14.0. The minimum Gasteiger partial charge on any atom is -0.354 e. The smallest absolute Gasteiger partial charge is 0.223 e. The number of fused-ring (bicyclic) bond motifs is 1. The summed E-state index contributed by atoms with van der Waals surface area (Å²) in [5.74, 6) is 0.628. The third-order valence-corrected chi connectivity index (χ3v) is 4.68. The topological polar surface area (TPSA) is 81.1 Å². The molecule has 4 aromatic rings. The second-order valence-electron chi connectivity index (χ2n) is 6.83. The number of aromatic nitrogens is 4. The van der Waals surface area contributed by atoms with Gasteiger partial charge in [-0.3, -0.25) is 4.40 Å². The number of anilines is 1. The highest BCUT2D eigenvalue weighted by atomic mass is 15.1. The van der Waals surface area contributed by atoms with Crippen LogP contribution in [0.1, 0.15) is 24.5 Å². The fourth-order valence-corrected chi connectivity index (χ4v) is 3.18. The first-order chi connectivity index (χ1) is 13.7. The van der Waals surface area contributed by atoms with Gasteiger partial charge in [-0.05, 0) is 37.1 Å². The number of hydrogen-bond donors (Lipinski definition) is 2. The lowest BCUT2D eigenvalue weighted by atomic mass is 10.1. The molecule has 0 amide bonds. The predicted octanol–water partition coefficient (Wildman–Crippen LogP) is 4.05. The van der Waals surface area contributed by atoms with Crippen molar-refractivity contribution >= 4 is 11.6 Å². The van der Waals surface area contributed by atoms with Gasteiger partial charge in [-0.1, -0.05) is 36.8 Å². The Bertz CT molecular complexity index is 1100. The molecule has 3 N–H and O–H groups in total. The Balaban J connectivity index is 1.92. The number of pyridine rings is 1. The van der Waals surface area contributed by atoms with Crippen LogP contribution in [0, 0.1) is 6.92 Å². The number of hydrogen-bond acceptors (Lipinski definition) is 5. The third kappa shape index (κ3) is 3.46. The van der Waals surface area contributed by atoms with Crippen molar-refractivity contribution in [3.8, 4) is 22.6 Å². The summed E-state index contributed by atoms with van der Waals surface area (Å²) in [6.45, 7) is 5.52.